The zero-order valence-corrected chi connectivity index (χ0v) is 50.1. The summed E-state index contributed by atoms with van der Waals surface area (Å²) in [7, 11) is 5.63. The fourth-order valence-corrected chi connectivity index (χ4v) is 27.8. The molecule has 9 fully saturated rings. The summed E-state index contributed by atoms with van der Waals surface area (Å²) in [5.74, 6) is -2.39. The van der Waals surface area contributed by atoms with Crippen LogP contribution in [0.5, 0.6) is 0 Å². The molecule has 4 bridgehead atoms. The Kier molecular flexibility index (Phi) is 14.7. The van der Waals surface area contributed by atoms with E-state index in [1.165, 1.54) is 44.1 Å². The Morgan fingerprint density at radius 1 is 0.938 bits per heavy atom. The van der Waals surface area contributed by atoms with E-state index >= 15 is 9.90 Å². The number of carbonyl (C=O) groups is 1. The van der Waals surface area contributed by atoms with Gasteiger partial charge in [0.15, 0.2) is 11.7 Å². The smallest absolute Gasteiger partial charge is 0.190 e. The highest BCUT2D eigenvalue weighted by Gasteiger charge is 2.81. The number of aliphatic imine (C=N–C) groups is 1. The first-order valence-corrected chi connectivity index (χ1v) is 34.1. The molecule has 0 aromatic carbocycles. The number of nitrogens with two attached hydrogens (primary N) is 1. The summed E-state index contributed by atoms with van der Waals surface area (Å²) in [6.45, 7) is 8.90. The van der Waals surface area contributed by atoms with E-state index in [1.54, 1.807) is 29.7 Å². The largest absolute Gasteiger partial charge is 0.396 e. The van der Waals surface area contributed by atoms with Gasteiger partial charge in [-0.05, 0) is 192 Å². The number of ketones is 1. The Morgan fingerprint density at radius 3 is 2.44 bits per heavy atom. The summed E-state index contributed by atoms with van der Waals surface area (Å²) in [6, 6.07) is 0.0737. The van der Waals surface area contributed by atoms with Crippen molar-refractivity contribution in [3.05, 3.63) is 52.7 Å². The topological polar surface area (TPSA) is 239 Å². The van der Waals surface area contributed by atoms with E-state index in [1.807, 2.05) is 41.2 Å². The number of guanidine groups is 1. The molecule has 1 aliphatic heterocycles. The number of allylic oxidation sites excluding steroid dienone is 3. The third kappa shape index (κ3) is 7.95. The van der Waals surface area contributed by atoms with Gasteiger partial charge in [0, 0.05) is 83.6 Å². The number of hydrogen-bond donors (Lipinski definition) is 10. The van der Waals surface area contributed by atoms with Crippen LogP contribution in [0.3, 0.4) is 0 Å². The predicted molar refractivity (Wildman–Crippen MR) is 313 cm³/mol. The molecule has 80 heavy (non-hydrogen) atoms. The number of rotatable bonds is 9. The number of nitrogens with one attached hydrogen (secondary N) is 2. The monoisotopic (exact) mass is 1140 g/mol. The Morgan fingerprint density at radius 2 is 1.71 bits per heavy atom. The first-order chi connectivity index (χ1) is 38.4. The van der Waals surface area contributed by atoms with Gasteiger partial charge in [0.1, 0.15) is 6.23 Å². The summed E-state index contributed by atoms with van der Waals surface area (Å²) in [4.78, 5) is 25.6. The van der Waals surface area contributed by atoms with E-state index in [9.17, 15) is 30.6 Å². The number of nitrogens with zero attached hydrogens (tertiary/aromatic N) is 3. The molecule has 0 radical (unpaired) electrons. The van der Waals surface area contributed by atoms with E-state index in [-0.39, 0.29) is 96.2 Å². The number of carbonyl (C=O) groups excluding carboxylic acids is 1. The maximum absolute atomic E-state index is 15.8. The van der Waals surface area contributed by atoms with Crippen LogP contribution >= 0.6 is 21.6 Å². The van der Waals surface area contributed by atoms with Crippen LogP contribution in [-0.2, 0) is 4.79 Å². The van der Waals surface area contributed by atoms with Crippen molar-refractivity contribution in [1.82, 2.24) is 20.2 Å². The molecule has 1 aromatic rings. The molecule has 2 heterocycles. The quantitative estimate of drug-likeness (QED) is 0.0379. The normalized spacial score (nSPS) is 47.6. The number of aromatic nitrogens is 2. The summed E-state index contributed by atoms with van der Waals surface area (Å²) < 4.78 is 1.73. The first-order valence-electron chi connectivity index (χ1n) is 31.7. The van der Waals surface area contributed by atoms with Crippen molar-refractivity contribution < 1.29 is 40.5 Å². The van der Waals surface area contributed by atoms with Gasteiger partial charge in [-0.3, -0.25) is 9.79 Å². The van der Waals surface area contributed by atoms with Gasteiger partial charge in [0.05, 0.1) is 36.8 Å². The van der Waals surface area contributed by atoms with Gasteiger partial charge in [-0.15, -0.1) is 0 Å². The van der Waals surface area contributed by atoms with Gasteiger partial charge in [-0.2, -0.15) is 0 Å². The zero-order chi connectivity index (χ0) is 56.1. The Labute approximate surface area is 483 Å². The molecule has 442 valence electrons. The Bertz CT molecular complexity index is 2670. The summed E-state index contributed by atoms with van der Waals surface area (Å²) in [6.07, 6.45) is 21.9. The minimum absolute atomic E-state index is 0.00833. The fourth-order valence-electron chi connectivity index (χ4n) is 23.7. The van der Waals surface area contributed by atoms with Crippen LogP contribution in [0.25, 0.3) is 0 Å². The van der Waals surface area contributed by atoms with Crippen LogP contribution in [0, 0.1) is 98.6 Å². The molecule has 11 aliphatic carbocycles. The SMILES string of the molecule is CNC[C@@H]1[C@@H](O)[C@@H](O)C[C@@]2(C)[C@@H]1C(=O)C=C1[C@@H]2[C@@H](CN=C(N)N[C@@H](C)O)[C@@H]2CC[C@@H]3[C@@H]4[C@H](O)[C@@H]5C6=C(CCC[C@H]63)[C@H]3C(=C5C(C)(C)C[C@H](n5ccnc5)CSS[C@]5(CCC[C@@H]5CCO)[C@H]5C[C@H]4[C@]2(CO)[C@]15O)CCCC31CCCC1. The number of imidazole rings is 1. The standard InChI is InChI=1S/C64H96N6O8S2/c1-34(73)69-58(65)68-30-41-43-16-15-38-37-12-8-13-39-49(37)51-55(40-14-10-20-61(52(39)40)18-6-7-19-61)59(2,3)27-36(70-23-22-67-33-70)31-79-80-63(21-9-11-35(63)17-24-71)48-26-44(50(38)57(51)77)62(43,32-72)64(48,78)45-25-46(74)54-42(29-66-5)56(76)47(75)28-60(54,4)53(41)45/h22-23,25,33-38,41-44,47-48,50-54,56-57,66,71-73,75-78H,6-21,24,26-32H2,1-5H3,(H3,65,68,69)/t34-,35-,36+,37+,38+,41+,42+,43+,44-,47+,48-,50+,51-,52+,53+,54+,56-,57+,60-,62-,63+,64+/m1/s1. The summed E-state index contributed by atoms with van der Waals surface area (Å²) in [5, 5.41) is 95.7. The average molecular weight is 1140 g/mol. The van der Waals surface area contributed by atoms with Crippen LogP contribution in [0.15, 0.2) is 57.7 Å². The molecule has 11 N–H and O–H groups in total. The molecule has 0 amide bonds. The van der Waals surface area contributed by atoms with Gasteiger partial charge < -0.3 is 56.7 Å². The second kappa shape index (κ2) is 20.7. The molecular formula is C64H96N6O8S2. The number of aliphatic hydroxyl groups excluding tert-OH is 6. The highest BCUT2D eigenvalue weighted by atomic mass is 33.1. The number of fused-ring (bicyclic) bond motifs is 11. The molecule has 1 saturated heterocycles. The molecule has 13 rings (SSSR count). The van der Waals surface area contributed by atoms with Crippen LogP contribution < -0.4 is 16.4 Å². The maximum atomic E-state index is 15.8. The van der Waals surface area contributed by atoms with Gasteiger partial charge in [-0.1, -0.05) is 83.9 Å². The number of aliphatic hydroxyl groups is 7. The third-order valence-electron chi connectivity index (χ3n) is 25.8. The lowest BCUT2D eigenvalue weighted by molar-refractivity contribution is -0.219. The van der Waals surface area contributed by atoms with Crippen molar-refractivity contribution in [2.75, 3.05) is 39.1 Å². The van der Waals surface area contributed by atoms with Crippen molar-refractivity contribution in [2.45, 2.75) is 191 Å². The zero-order valence-electron chi connectivity index (χ0n) is 48.4. The van der Waals surface area contributed by atoms with E-state index < -0.39 is 75.3 Å². The molecule has 12 aliphatic rings. The summed E-state index contributed by atoms with van der Waals surface area (Å²) >= 11 is 0. The number of hydrogen-bond acceptors (Lipinski definition) is 13. The lowest BCUT2D eigenvalue weighted by Gasteiger charge is -2.68. The van der Waals surface area contributed by atoms with Crippen LogP contribution in [-0.4, -0.2) is 131 Å². The molecule has 22 atom stereocenters. The van der Waals surface area contributed by atoms with Gasteiger partial charge in [0.2, 0.25) is 0 Å². The fraction of sp³-hybridized carbons (Fsp3) is 0.828. The average Bonchev–Trinajstić information content (AvgIpc) is 1.55. The Balaban J connectivity index is 1.10. The lowest BCUT2D eigenvalue weighted by atomic mass is 9.38. The van der Waals surface area contributed by atoms with Gasteiger partial charge in [-0.25, -0.2) is 4.98 Å². The molecule has 14 nitrogen and oxygen atoms in total. The van der Waals surface area contributed by atoms with E-state index in [0.29, 0.717) is 37.3 Å². The molecule has 8 saturated carbocycles. The van der Waals surface area contributed by atoms with E-state index in [2.05, 4.69) is 47.2 Å². The van der Waals surface area contributed by atoms with Crippen LogP contribution in [0.2, 0.25) is 0 Å². The maximum Gasteiger partial charge on any atom is 0.190 e. The van der Waals surface area contributed by atoms with Gasteiger partial charge in [0.25, 0.3) is 0 Å². The van der Waals surface area contributed by atoms with Crippen LogP contribution in [0.1, 0.15) is 156 Å². The van der Waals surface area contributed by atoms with Crippen molar-refractivity contribution in [3.8, 4) is 0 Å². The van der Waals surface area contributed by atoms with Crippen LogP contribution in [0.4, 0.5) is 0 Å². The predicted octanol–water partition coefficient (Wildman–Crippen LogP) is 7.48. The molecule has 2 spiro atoms. The van der Waals surface area contributed by atoms with E-state index in [4.69, 9.17) is 10.7 Å². The minimum Gasteiger partial charge on any atom is -0.396 e. The molecule has 16 heteroatoms. The second-order valence-electron chi connectivity index (χ2n) is 29.4. The van der Waals surface area contributed by atoms with E-state index in [0.717, 1.165) is 63.5 Å². The van der Waals surface area contributed by atoms with Gasteiger partial charge >= 0.3 is 0 Å². The molecule has 0 unspecified atom stereocenters. The molecule has 1 aromatic heterocycles. The van der Waals surface area contributed by atoms with Crippen molar-refractivity contribution >= 4 is 33.3 Å². The minimum atomic E-state index is -1.76. The first kappa shape index (κ1) is 56.9. The van der Waals surface area contributed by atoms with Crippen molar-refractivity contribution in [2.24, 2.45) is 109 Å². The molecular weight excluding hydrogens is 1040 g/mol. The lowest BCUT2D eigenvalue weighted by Crippen LogP contribution is -2.72. The highest BCUT2D eigenvalue weighted by molar-refractivity contribution is 8.77. The van der Waals surface area contributed by atoms with Crippen molar-refractivity contribution in [3.63, 3.8) is 0 Å². The second-order valence-corrected chi connectivity index (χ2v) is 32.1. The Hall–Kier alpha value is -2.25. The van der Waals surface area contributed by atoms with Crippen molar-refractivity contribution in [1.29, 1.82) is 0 Å². The summed E-state index contributed by atoms with van der Waals surface area (Å²) in [5.41, 5.74) is 9.68. The third-order valence-corrected chi connectivity index (χ3v) is 29.2. The highest BCUT2D eigenvalue weighted by Crippen LogP contribution is 2.81.